The number of aliphatic hydroxyl groups is 1. The zero-order valence-corrected chi connectivity index (χ0v) is 43.1. The molecule has 2 aliphatic heterocycles. The maximum Gasteiger partial charge on any atom is 0.409 e. The van der Waals surface area contributed by atoms with Crippen LogP contribution >= 0.6 is 0 Å². The summed E-state index contributed by atoms with van der Waals surface area (Å²) in [4.78, 5) is 24.4. The number of morpholine rings is 2. The molecule has 0 saturated carbocycles. The predicted molar refractivity (Wildman–Crippen MR) is 278 cm³/mol. The van der Waals surface area contributed by atoms with E-state index in [0.29, 0.717) is 6.61 Å². The Labute approximate surface area is 402 Å². The zero-order valence-electron chi connectivity index (χ0n) is 43.1. The van der Waals surface area contributed by atoms with Crippen molar-refractivity contribution in [3.05, 3.63) is 48.6 Å². The summed E-state index contributed by atoms with van der Waals surface area (Å²) < 4.78 is 16.5. The number of allylic oxidation sites excluding steroid dienone is 8. The van der Waals surface area contributed by atoms with Gasteiger partial charge >= 0.3 is 6.09 Å². The Morgan fingerprint density at radius 1 is 0.492 bits per heavy atom. The van der Waals surface area contributed by atoms with Crippen molar-refractivity contribution in [3.63, 3.8) is 0 Å². The van der Waals surface area contributed by atoms with Crippen molar-refractivity contribution in [3.8, 4) is 0 Å². The van der Waals surface area contributed by atoms with Gasteiger partial charge in [-0.05, 0) is 91.1 Å². The molecule has 10 nitrogen and oxygen atoms in total. The van der Waals surface area contributed by atoms with Crippen LogP contribution in [0.5, 0.6) is 0 Å². The van der Waals surface area contributed by atoms with Crippen LogP contribution in [0.3, 0.4) is 0 Å². The molecular weight excluding hydrogens is 811 g/mol. The number of hydrogen-bond donors (Lipinski definition) is 1. The summed E-state index contributed by atoms with van der Waals surface area (Å²) in [5.74, 6) is 0. The van der Waals surface area contributed by atoms with Gasteiger partial charge in [0.25, 0.3) is 0 Å². The third kappa shape index (κ3) is 41.8. The molecule has 2 heterocycles. The number of unbranched alkanes of at least 4 members (excludes halogenated alkanes) is 18. The number of carbonyl (C=O) groups is 1. The molecule has 1 N–H and O–H groups in total. The van der Waals surface area contributed by atoms with E-state index in [2.05, 4.69) is 89.1 Å². The minimum absolute atomic E-state index is 0.119. The first-order valence-corrected chi connectivity index (χ1v) is 27.1. The molecule has 0 aromatic carbocycles. The lowest BCUT2D eigenvalue weighted by Crippen LogP contribution is -2.41. The normalized spacial score (nSPS) is 15.4. The molecule has 1 amide bonds. The average Bonchev–Trinajstić information content (AvgIpc) is 3.32. The Morgan fingerprint density at radius 3 is 1.26 bits per heavy atom. The Bertz CT molecular complexity index is 1080. The second-order valence-corrected chi connectivity index (χ2v) is 18.5. The lowest BCUT2D eigenvalue weighted by Gasteiger charge is -2.28. The SMILES string of the molecule is CCCCC/C=C\C/C=C\CCCCCCCCN(CCCCCCCC/C=C\C/C=C\CCCCC)C(=O)OCCN(C)CCN1CCOCC1.CN(CCO)CCN1CCOCC1. The van der Waals surface area contributed by atoms with E-state index in [1.807, 2.05) is 11.9 Å². The summed E-state index contributed by atoms with van der Waals surface area (Å²) in [7, 11) is 4.16. The van der Waals surface area contributed by atoms with Crippen LogP contribution in [0.15, 0.2) is 48.6 Å². The van der Waals surface area contributed by atoms with Gasteiger partial charge in [0.05, 0.1) is 33.0 Å². The molecule has 0 atom stereocenters. The van der Waals surface area contributed by atoms with Crippen LogP contribution in [0.2, 0.25) is 0 Å². The van der Waals surface area contributed by atoms with Crippen molar-refractivity contribution in [1.29, 1.82) is 0 Å². The van der Waals surface area contributed by atoms with E-state index < -0.39 is 0 Å². The number of likely N-dealkylation sites (N-methyl/N-ethyl adjacent to an activating group) is 2. The van der Waals surface area contributed by atoms with Crippen LogP contribution in [0.4, 0.5) is 4.79 Å². The fourth-order valence-corrected chi connectivity index (χ4v) is 7.92. The van der Waals surface area contributed by atoms with Gasteiger partial charge in [0.2, 0.25) is 0 Å². The molecular formula is C55H105N5O5. The molecule has 10 heteroatoms. The van der Waals surface area contributed by atoms with E-state index in [9.17, 15) is 4.79 Å². The fourth-order valence-electron chi connectivity index (χ4n) is 7.92. The lowest BCUT2D eigenvalue weighted by molar-refractivity contribution is 0.0331. The predicted octanol–water partition coefficient (Wildman–Crippen LogP) is 11.6. The minimum atomic E-state index is -0.119. The number of nitrogens with zero attached hydrogens (tertiary/aromatic N) is 5. The third-order valence-electron chi connectivity index (χ3n) is 12.5. The molecule has 0 aromatic heterocycles. The molecule has 2 rings (SSSR count). The smallest absolute Gasteiger partial charge is 0.409 e. The summed E-state index contributed by atoms with van der Waals surface area (Å²) in [5, 5.41) is 8.70. The number of rotatable bonds is 41. The highest BCUT2D eigenvalue weighted by Gasteiger charge is 2.16. The molecule has 0 unspecified atom stereocenters. The second kappa shape index (κ2) is 48.4. The highest BCUT2D eigenvalue weighted by atomic mass is 16.6. The number of carbonyl (C=O) groups excluding carboxylic acids is 1. The van der Waals surface area contributed by atoms with Crippen LogP contribution in [0.25, 0.3) is 0 Å². The Hall–Kier alpha value is -2.05. The van der Waals surface area contributed by atoms with Gasteiger partial charge in [0.1, 0.15) is 6.61 Å². The molecule has 0 aliphatic carbocycles. The van der Waals surface area contributed by atoms with Crippen molar-refractivity contribution in [2.45, 2.75) is 168 Å². The van der Waals surface area contributed by atoms with E-state index >= 15 is 0 Å². The number of hydrogen-bond acceptors (Lipinski definition) is 9. The number of amides is 1. The van der Waals surface area contributed by atoms with E-state index in [1.54, 1.807) is 0 Å². The molecule has 0 bridgehead atoms. The zero-order chi connectivity index (χ0) is 46.9. The largest absolute Gasteiger partial charge is 0.448 e. The lowest BCUT2D eigenvalue weighted by atomic mass is 10.1. The van der Waals surface area contributed by atoms with Crippen LogP contribution in [-0.2, 0) is 14.2 Å². The summed E-state index contributed by atoms with van der Waals surface area (Å²) in [5.41, 5.74) is 0. The molecule has 0 aromatic rings. The Morgan fingerprint density at radius 2 is 0.862 bits per heavy atom. The fraction of sp³-hybridized carbons (Fsp3) is 0.836. The van der Waals surface area contributed by atoms with Crippen LogP contribution in [-0.4, -0.2) is 168 Å². The summed E-state index contributed by atoms with van der Waals surface area (Å²) in [6, 6.07) is 0. The monoisotopic (exact) mass is 916 g/mol. The summed E-state index contributed by atoms with van der Waals surface area (Å²) in [6.45, 7) is 20.1. The first-order valence-electron chi connectivity index (χ1n) is 27.1. The number of ether oxygens (including phenoxy) is 3. The first kappa shape index (κ1) is 61.0. The van der Waals surface area contributed by atoms with Crippen LogP contribution in [0.1, 0.15) is 168 Å². The van der Waals surface area contributed by atoms with Crippen molar-refractivity contribution >= 4 is 6.09 Å². The highest BCUT2D eigenvalue weighted by molar-refractivity contribution is 5.67. The average molecular weight is 916 g/mol. The van der Waals surface area contributed by atoms with Gasteiger partial charge in [0.15, 0.2) is 0 Å². The maximum atomic E-state index is 13.2. The summed E-state index contributed by atoms with van der Waals surface area (Å²) >= 11 is 0. The third-order valence-corrected chi connectivity index (χ3v) is 12.5. The molecule has 2 aliphatic rings. The Balaban J connectivity index is 0.00000138. The molecule has 65 heavy (non-hydrogen) atoms. The van der Waals surface area contributed by atoms with Gasteiger partial charge in [-0.2, -0.15) is 0 Å². The summed E-state index contributed by atoms with van der Waals surface area (Å²) in [6.07, 6.45) is 48.2. The first-order chi connectivity index (χ1) is 32.0. The van der Waals surface area contributed by atoms with Crippen molar-refractivity contribution in [2.75, 3.05) is 132 Å². The van der Waals surface area contributed by atoms with Crippen LogP contribution in [0, 0.1) is 0 Å². The van der Waals surface area contributed by atoms with E-state index in [4.69, 9.17) is 19.3 Å². The number of aliphatic hydroxyl groups excluding tert-OH is 1. The molecule has 0 radical (unpaired) electrons. The standard InChI is InChI=1S/C46H85N3O3.C9H20N2O2/c1-4-6-8-10-12-14-16-18-20-22-24-26-28-30-32-34-36-49(46(50)52-45-40-47(3)38-39-48-41-43-51-44-42-48)37-35-33-31-29-27-25-23-21-19-17-15-13-11-9-7-5-2;1-10(4-7-12)2-3-11-5-8-13-9-6-11/h12-15,18-21H,4-11,16-17,22-45H2,1-3H3;12H,2-9H2,1H3/b14-12-,15-13-,20-18-,21-19-;. The molecule has 0 spiro atoms. The van der Waals surface area contributed by atoms with Crippen molar-refractivity contribution in [2.24, 2.45) is 0 Å². The van der Waals surface area contributed by atoms with E-state index in [-0.39, 0.29) is 12.7 Å². The molecule has 2 fully saturated rings. The minimum Gasteiger partial charge on any atom is -0.448 e. The molecule has 2 saturated heterocycles. The second-order valence-electron chi connectivity index (χ2n) is 18.5. The quantitative estimate of drug-likeness (QED) is 0.0476. The van der Waals surface area contributed by atoms with E-state index in [1.165, 1.54) is 128 Å². The van der Waals surface area contributed by atoms with Gasteiger partial charge in [-0.25, -0.2) is 4.79 Å². The van der Waals surface area contributed by atoms with E-state index in [0.717, 1.165) is 131 Å². The van der Waals surface area contributed by atoms with Gasteiger partial charge in [-0.3, -0.25) is 9.80 Å². The molecule has 380 valence electrons. The highest BCUT2D eigenvalue weighted by Crippen LogP contribution is 2.13. The van der Waals surface area contributed by atoms with Crippen molar-refractivity contribution in [1.82, 2.24) is 24.5 Å². The van der Waals surface area contributed by atoms with Gasteiger partial charge in [0, 0.05) is 78.5 Å². The van der Waals surface area contributed by atoms with Crippen LogP contribution < -0.4 is 0 Å². The van der Waals surface area contributed by atoms with Gasteiger partial charge in [-0.1, -0.05) is 140 Å². The maximum absolute atomic E-state index is 13.2. The van der Waals surface area contributed by atoms with Gasteiger partial charge in [-0.15, -0.1) is 0 Å². The van der Waals surface area contributed by atoms with Crippen molar-refractivity contribution < 1.29 is 24.1 Å². The topological polar surface area (TPSA) is 81.2 Å². The Kier molecular flexibility index (Phi) is 45.4. The van der Waals surface area contributed by atoms with Gasteiger partial charge < -0.3 is 34.0 Å².